The van der Waals surface area contributed by atoms with Crippen LogP contribution in [0.1, 0.15) is 40.8 Å². The monoisotopic (exact) mass is 331 g/mol. The fraction of sp³-hybridized carbons (Fsp3) is 0.471. The number of hydrogen-bond acceptors (Lipinski definition) is 5. The van der Waals surface area contributed by atoms with Gasteiger partial charge in [0.1, 0.15) is 10.6 Å². The van der Waals surface area contributed by atoms with E-state index < -0.39 is 0 Å². The Labute approximate surface area is 139 Å². The van der Waals surface area contributed by atoms with Crippen molar-refractivity contribution in [1.29, 1.82) is 0 Å². The van der Waals surface area contributed by atoms with Crippen molar-refractivity contribution in [3.63, 3.8) is 0 Å². The van der Waals surface area contributed by atoms with Crippen LogP contribution in [-0.4, -0.2) is 14.7 Å². The van der Waals surface area contributed by atoms with E-state index in [4.69, 9.17) is 4.52 Å². The van der Waals surface area contributed by atoms with Crippen molar-refractivity contribution in [2.24, 2.45) is 0 Å². The van der Waals surface area contributed by atoms with E-state index in [1.807, 2.05) is 13.8 Å². The number of rotatable bonds is 5. The molecule has 6 heteroatoms. The third-order valence-electron chi connectivity index (χ3n) is 4.34. The minimum Gasteiger partial charge on any atom is -0.361 e. The predicted octanol–water partition coefficient (Wildman–Crippen LogP) is 3.57. The van der Waals surface area contributed by atoms with E-state index in [9.17, 15) is 4.79 Å². The zero-order valence-corrected chi connectivity index (χ0v) is 14.8. The highest BCUT2D eigenvalue weighted by Gasteiger charge is 2.14. The van der Waals surface area contributed by atoms with Crippen LogP contribution in [0.4, 0.5) is 0 Å². The standard InChI is InChI=1S/C17H21N3O2S/c1-5-13-12(4)23-16-15(13)17(21)20(9-18-16)8-6-7-14-10(2)19-22-11(14)3/h9H,5-8H2,1-4H3. The zero-order valence-electron chi connectivity index (χ0n) is 14.0. The van der Waals surface area contributed by atoms with Gasteiger partial charge in [-0.2, -0.15) is 0 Å². The molecule has 0 bridgehead atoms. The van der Waals surface area contributed by atoms with E-state index in [2.05, 4.69) is 24.0 Å². The Hall–Kier alpha value is -1.95. The molecular formula is C17H21N3O2S. The van der Waals surface area contributed by atoms with Gasteiger partial charge in [-0.05, 0) is 45.6 Å². The van der Waals surface area contributed by atoms with E-state index in [1.165, 1.54) is 4.88 Å². The molecule has 0 N–H and O–H groups in total. The second-order valence-electron chi connectivity index (χ2n) is 5.82. The molecule has 0 radical (unpaired) electrons. The third kappa shape index (κ3) is 2.83. The summed E-state index contributed by atoms with van der Waals surface area (Å²) < 4.78 is 6.91. The molecule has 0 aromatic carbocycles. The van der Waals surface area contributed by atoms with E-state index >= 15 is 0 Å². The highest BCUT2D eigenvalue weighted by Crippen LogP contribution is 2.26. The first-order chi connectivity index (χ1) is 11.0. The molecule has 0 amide bonds. The van der Waals surface area contributed by atoms with E-state index in [1.54, 1.807) is 22.2 Å². The lowest BCUT2D eigenvalue weighted by Gasteiger charge is -2.06. The molecule has 0 saturated carbocycles. The van der Waals surface area contributed by atoms with Crippen LogP contribution in [0.25, 0.3) is 10.2 Å². The smallest absolute Gasteiger partial charge is 0.262 e. The second-order valence-corrected chi connectivity index (χ2v) is 7.02. The first-order valence-electron chi connectivity index (χ1n) is 7.92. The van der Waals surface area contributed by atoms with Gasteiger partial charge in [0.2, 0.25) is 0 Å². The summed E-state index contributed by atoms with van der Waals surface area (Å²) in [5.41, 5.74) is 3.30. The van der Waals surface area contributed by atoms with Crippen LogP contribution in [0.2, 0.25) is 0 Å². The normalized spacial score (nSPS) is 11.5. The zero-order chi connectivity index (χ0) is 16.6. The minimum absolute atomic E-state index is 0.0787. The summed E-state index contributed by atoms with van der Waals surface area (Å²) in [7, 11) is 0. The number of hydrogen-bond donors (Lipinski definition) is 0. The van der Waals surface area contributed by atoms with Gasteiger partial charge in [0, 0.05) is 17.0 Å². The van der Waals surface area contributed by atoms with Gasteiger partial charge in [-0.15, -0.1) is 11.3 Å². The van der Waals surface area contributed by atoms with Gasteiger partial charge in [-0.3, -0.25) is 9.36 Å². The molecule has 23 heavy (non-hydrogen) atoms. The van der Waals surface area contributed by atoms with Gasteiger partial charge in [-0.25, -0.2) is 4.98 Å². The molecule has 3 heterocycles. The Morgan fingerprint density at radius 3 is 2.70 bits per heavy atom. The number of aryl methyl sites for hydroxylation is 5. The molecule has 0 unspecified atom stereocenters. The van der Waals surface area contributed by atoms with Crippen LogP contribution < -0.4 is 5.56 Å². The van der Waals surface area contributed by atoms with Crippen molar-refractivity contribution in [1.82, 2.24) is 14.7 Å². The molecule has 5 nitrogen and oxygen atoms in total. The van der Waals surface area contributed by atoms with Gasteiger partial charge in [0.25, 0.3) is 5.56 Å². The summed E-state index contributed by atoms with van der Waals surface area (Å²) in [6.07, 6.45) is 4.26. The molecule has 0 fully saturated rings. The van der Waals surface area contributed by atoms with Gasteiger partial charge in [0.15, 0.2) is 0 Å². The van der Waals surface area contributed by atoms with Gasteiger partial charge in [-0.1, -0.05) is 12.1 Å². The van der Waals surface area contributed by atoms with E-state index in [0.717, 1.165) is 52.1 Å². The van der Waals surface area contributed by atoms with Crippen LogP contribution >= 0.6 is 11.3 Å². The number of fused-ring (bicyclic) bond motifs is 1. The predicted molar refractivity (Wildman–Crippen MR) is 92.3 cm³/mol. The summed E-state index contributed by atoms with van der Waals surface area (Å²) in [5, 5.41) is 4.77. The van der Waals surface area contributed by atoms with Gasteiger partial charge < -0.3 is 4.52 Å². The van der Waals surface area contributed by atoms with Crippen molar-refractivity contribution in [2.75, 3.05) is 0 Å². The van der Waals surface area contributed by atoms with Gasteiger partial charge >= 0.3 is 0 Å². The highest BCUT2D eigenvalue weighted by molar-refractivity contribution is 7.18. The molecule has 0 atom stereocenters. The van der Waals surface area contributed by atoms with Crippen LogP contribution in [-0.2, 0) is 19.4 Å². The van der Waals surface area contributed by atoms with E-state index in [0.29, 0.717) is 6.54 Å². The van der Waals surface area contributed by atoms with Crippen LogP contribution in [0.5, 0.6) is 0 Å². The molecular weight excluding hydrogens is 310 g/mol. The molecule has 122 valence electrons. The van der Waals surface area contributed by atoms with Crippen LogP contribution in [0, 0.1) is 20.8 Å². The third-order valence-corrected chi connectivity index (χ3v) is 5.40. The molecule has 0 spiro atoms. The van der Waals surface area contributed by atoms with E-state index in [-0.39, 0.29) is 5.56 Å². The van der Waals surface area contributed by atoms with Crippen molar-refractivity contribution in [2.45, 2.75) is 53.5 Å². The number of thiophene rings is 1. The Bertz CT molecular complexity index is 885. The Kier molecular flexibility index (Phi) is 4.35. The average Bonchev–Trinajstić information content (AvgIpc) is 3.02. The first kappa shape index (κ1) is 15.9. The number of aromatic nitrogens is 3. The fourth-order valence-corrected chi connectivity index (χ4v) is 4.13. The maximum Gasteiger partial charge on any atom is 0.262 e. The summed E-state index contributed by atoms with van der Waals surface area (Å²) in [4.78, 5) is 19.3. The molecule has 0 aliphatic heterocycles. The summed E-state index contributed by atoms with van der Waals surface area (Å²) in [6.45, 7) is 8.68. The summed E-state index contributed by atoms with van der Waals surface area (Å²) >= 11 is 1.61. The lowest BCUT2D eigenvalue weighted by molar-refractivity contribution is 0.392. The van der Waals surface area contributed by atoms with Crippen molar-refractivity contribution in [3.05, 3.63) is 44.1 Å². The lowest BCUT2D eigenvalue weighted by atomic mass is 10.1. The van der Waals surface area contributed by atoms with Crippen molar-refractivity contribution in [3.8, 4) is 0 Å². The summed E-state index contributed by atoms with van der Waals surface area (Å²) in [5.74, 6) is 0.866. The summed E-state index contributed by atoms with van der Waals surface area (Å²) in [6, 6.07) is 0. The maximum absolute atomic E-state index is 12.7. The Morgan fingerprint density at radius 2 is 2.04 bits per heavy atom. The average molecular weight is 331 g/mol. The van der Waals surface area contributed by atoms with Crippen LogP contribution in [0.3, 0.4) is 0 Å². The number of nitrogens with zero attached hydrogens (tertiary/aromatic N) is 3. The van der Waals surface area contributed by atoms with Crippen molar-refractivity contribution < 1.29 is 4.52 Å². The molecule has 0 saturated heterocycles. The molecule has 0 aliphatic rings. The lowest BCUT2D eigenvalue weighted by Crippen LogP contribution is -2.21. The topological polar surface area (TPSA) is 60.9 Å². The highest BCUT2D eigenvalue weighted by atomic mass is 32.1. The molecule has 0 aliphatic carbocycles. The quantitative estimate of drug-likeness (QED) is 0.717. The molecule has 3 aromatic rings. The fourth-order valence-electron chi connectivity index (χ4n) is 3.06. The van der Waals surface area contributed by atoms with Crippen molar-refractivity contribution >= 4 is 21.6 Å². The van der Waals surface area contributed by atoms with Crippen LogP contribution in [0.15, 0.2) is 15.6 Å². The molecule has 3 rings (SSSR count). The SMILES string of the molecule is CCc1c(C)sc2ncn(CCCc3c(C)noc3C)c(=O)c12. The maximum atomic E-state index is 12.7. The largest absolute Gasteiger partial charge is 0.361 e. The molecule has 3 aromatic heterocycles. The Balaban J connectivity index is 1.84. The van der Waals surface area contributed by atoms with Gasteiger partial charge in [0.05, 0.1) is 17.4 Å². The Morgan fingerprint density at radius 1 is 1.26 bits per heavy atom. The minimum atomic E-state index is 0.0787. The second kappa shape index (κ2) is 6.28. The first-order valence-corrected chi connectivity index (χ1v) is 8.73.